The van der Waals surface area contributed by atoms with Crippen LogP contribution in [-0.2, 0) is 9.84 Å². The zero-order chi connectivity index (χ0) is 12.5. The Hall–Kier alpha value is -0.940. The number of sulfone groups is 1. The molecule has 1 saturated heterocycles. The monoisotopic (exact) mass is 274 g/mol. The third-order valence-corrected chi connectivity index (χ3v) is 5.51. The van der Waals surface area contributed by atoms with E-state index >= 15 is 0 Å². The van der Waals surface area contributed by atoms with Crippen LogP contribution in [0.4, 0.5) is 11.4 Å². The smallest absolute Gasteiger partial charge is 0.154 e. The van der Waals surface area contributed by atoms with E-state index in [1.54, 1.807) is 18.2 Å². The van der Waals surface area contributed by atoms with Crippen molar-refractivity contribution in [2.24, 2.45) is 0 Å². The summed E-state index contributed by atoms with van der Waals surface area (Å²) >= 11 is 5.79. The number of halogens is 1. The molecule has 6 heteroatoms. The van der Waals surface area contributed by atoms with Gasteiger partial charge in [0, 0.05) is 11.6 Å². The van der Waals surface area contributed by atoms with Crippen molar-refractivity contribution < 1.29 is 8.42 Å². The van der Waals surface area contributed by atoms with Gasteiger partial charge in [0.05, 0.1) is 22.4 Å². The van der Waals surface area contributed by atoms with Crippen molar-refractivity contribution in [3.05, 3.63) is 23.2 Å². The van der Waals surface area contributed by atoms with Crippen LogP contribution in [-0.4, -0.2) is 26.0 Å². The molecule has 1 heterocycles. The maximum Gasteiger partial charge on any atom is 0.154 e. The van der Waals surface area contributed by atoms with E-state index in [1.807, 2.05) is 0 Å². The van der Waals surface area contributed by atoms with Gasteiger partial charge in [-0.05, 0) is 31.0 Å². The molecule has 0 spiro atoms. The molecular formula is C11H15ClN2O2S. The Morgan fingerprint density at radius 3 is 2.82 bits per heavy atom. The standard InChI is InChI=1S/C11H15ClN2O2S/c12-8-3-4-11(10(13)6-8)14-7-9-2-1-5-17(9,15)16/h3-4,6,9,14H,1-2,5,7,13H2. The number of hydrogen-bond acceptors (Lipinski definition) is 4. The minimum Gasteiger partial charge on any atom is -0.397 e. The lowest BCUT2D eigenvalue weighted by Gasteiger charge is -2.13. The van der Waals surface area contributed by atoms with Crippen LogP contribution in [0.5, 0.6) is 0 Å². The summed E-state index contributed by atoms with van der Waals surface area (Å²) in [5.74, 6) is 0.301. The molecule has 0 radical (unpaired) electrons. The average Bonchev–Trinajstić information content (AvgIpc) is 2.57. The molecule has 3 N–H and O–H groups in total. The van der Waals surface area contributed by atoms with Crippen molar-refractivity contribution in [2.75, 3.05) is 23.3 Å². The Balaban J connectivity index is 2.03. The minimum absolute atomic E-state index is 0.294. The van der Waals surface area contributed by atoms with Crippen molar-refractivity contribution in [1.29, 1.82) is 0 Å². The first kappa shape index (κ1) is 12.5. The van der Waals surface area contributed by atoms with Crippen LogP contribution in [0, 0.1) is 0 Å². The second kappa shape index (κ2) is 4.74. The second-order valence-electron chi connectivity index (χ2n) is 4.24. The van der Waals surface area contributed by atoms with Crippen LogP contribution in [0.25, 0.3) is 0 Å². The number of nitrogens with two attached hydrogens (primary N) is 1. The summed E-state index contributed by atoms with van der Waals surface area (Å²) in [5.41, 5.74) is 7.05. The third-order valence-electron chi connectivity index (χ3n) is 3.00. The summed E-state index contributed by atoms with van der Waals surface area (Å²) < 4.78 is 23.3. The van der Waals surface area contributed by atoms with Gasteiger partial charge in [-0.15, -0.1) is 0 Å². The van der Waals surface area contributed by atoms with E-state index in [2.05, 4.69) is 5.32 Å². The Labute approximate surface area is 106 Å². The molecule has 1 aliphatic heterocycles. The van der Waals surface area contributed by atoms with Gasteiger partial charge >= 0.3 is 0 Å². The number of nitrogen functional groups attached to an aromatic ring is 1. The molecule has 1 aliphatic rings. The van der Waals surface area contributed by atoms with E-state index in [0.29, 0.717) is 23.0 Å². The molecular weight excluding hydrogens is 260 g/mol. The molecule has 1 aromatic carbocycles. The highest BCUT2D eigenvalue weighted by Crippen LogP contribution is 2.25. The number of nitrogens with one attached hydrogen (secondary N) is 1. The van der Waals surface area contributed by atoms with Crippen LogP contribution in [0.3, 0.4) is 0 Å². The molecule has 1 atom stereocenters. The number of hydrogen-bond donors (Lipinski definition) is 2. The molecule has 2 rings (SSSR count). The molecule has 1 fully saturated rings. The lowest BCUT2D eigenvalue weighted by Crippen LogP contribution is -2.25. The summed E-state index contributed by atoms with van der Waals surface area (Å²) in [6.45, 7) is 0.411. The lowest BCUT2D eigenvalue weighted by atomic mass is 10.2. The molecule has 17 heavy (non-hydrogen) atoms. The maximum absolute atomic E-state index is 11.6. The Bertz CT molecular complexity index is 516. The topological polar surface area (TPSA) is 72.2 Å². The van der Waals surface area contributed by atoms with E-state index in [0.717, 1.165) is 18.5 Å². The number of benzene rings is 1. The van der Waals surface area contributed by atoms with E-state index in [-0.39, 0.29) is 5.25 Å². The van der Waals surface area contributed by atoms with Crippen molar-refractivity contribution in [2.45, 2.75) is 18.1 Å². The Kier molecular flexibility index (Phi) is 3.49. The molecule has 0 aliphatic carbocycles. The predicted octanol–water partition coefficient (Wildman–Crippen LogP) is 1.91. The highest BCUT2D eigenvalue weighted by Gasteiger charge is 2.30. The number of anilines is 2. The summed E-state index contributed by atoms with van der Waals surface area (Å²) in [6.07, 6.45) is 1.48. The van der Waals surface area contributed by atoms with Gasteiger partial charge in [0.15, 0.2) is 9.84 Å². The molecule has 94 valence electrons. The zero-order valence-corrected chi connectivity index (χ0v) is 10.9. The van der Waals surface area contributed by atoms with Gasteiger partial charge in [-0.2, -0.15) is 0 Å². The number of rotatable bonds is 3. The fourth-order valence-corrected chi connectivity index (χ4v) is 3.95. The summed E-state index contributed by atoms with van der Waals surface area (Å²) in [6, 6.07) is 5.13. The van der Waals surface area contributed by atoms with Gasteiger partial charge in [-0.25, -0.2) is 8.42 Å². The van der Waals surface area contributed by atoms with Crippen molar-refractivity contribution >= 4 is 32.8 Å². The lowest BCUT2D eigenvalue weighted by molar-refractivity contribution is 0.591. The van der Waals surface area contributed by atoms with Gasteiger partial charge in [-0.1, -0.05) is 11.6 Å². The molecule has 0 amide bonds. The summed E-state index contributed by atoms with van der Waals surface area (Å²) in [4.78, 5) is 0. The molecule has 1 unspecified atom stereocenters. The molecule has 4 nitrogen and oxygen atoms in total. The Morgan fingerprint density at radius 1 is 1.47 bits per heavy atom. The van der Waals surface area contributed by atoms with E-state index in [1.165, 1.54) is 0 Å². The summed E-state index contributed by atoms with van der Waals surface area (Å²) in [5, 5.41) is 3.35. The van der Waals surface area contributed by atoms with Crippen molar-refractivity contribution in [1.82, 2.24) is 0 Å². The minimum atomic E-state index is -2.91. The molecule has 0 saturated carbocycles. The fraction of sp³-hybridized carbons (Fsp3) is 0.455. The van der Waals surface area contributed by atoms with Crippen LogP contribution < -0.4 is 11.1 Å². The van der Waals surface area contributed by atoms with Gasteiger partial charge in [0.1, 0.15) is 0 Å². The maximum atomic E-state index is 11.6. The van der Waals surface area contributed by atoms with Crippen LogP contribution in [0.15, 0.2) is 18.2 Å². The van der Waals surface area contributed by atoms with Crippen LogP contribution >= 0.6 is 11.6 Å². The van der Waals surface area contributed by atoms with Gasteiger partial charge in [0.2, 0.25) is 0 Å². The van der Waals surface area contributed by atoms with Crippen molar-refractivity contribution in [3.8, 4) is 0 Å². The van der Waals surface area contributed by atoms with E-state index in [9.17, 15) is 8.42 Å². The first-order valence-corrected chi connectivity index (χ1v) is 7.59. The molecule has 1 aromatic rings. The third kappa shape index (κ3) is 2.84. The van der Waals surface area contributed by atoms with Crippen molar-refractivity contribution in [3.63, 3.8) is 0 Å². The highest BCUT2D eigenvalue weighted by atomic mass is 35.5. The average molecular weight is 275 g/mol. The van der Waals surface area contributed by atoms with E-state index in [4.69, 9.17) is 17.3 Å². The predicted molar refractivity (Wildman–Crippen MR) is 71.2 cm³/mol. The fourth-order valence-electron chi connectivity index (χ4n) is 2.01. The van der Waals surface area contributed by atoms with Gasteiger partial charge in [0.25, 0.3) is 0 Å². The SMILES string of the molecule is Nc1cc(Cl)ccc1NCC1CCCS1(=O)=O. The molecule has 0 aromatic heterocycles. The second-order valence-corrected chi connectivity index (χ2v) is 7.08. The first-order valence-electron chi connectivity index (χ1n) is 5.49. The summed E-state index contributed by atoms with van der Waals surface area (Å²) in [7, 11) is -2.91. The molecule has 0 bridgehead atoms. The highest BCUT2D eigenvalue weighted by molar-refractivity contribution is 7.92. The normalized spacial score (nSPS) is 22.5. The van der Waals surface area contributed by atoms with Gasteiger partial charge in [-0.3, -0.25) is 0 Å². The first-order chi connectivity index (χ1) is 7.99. The van der Waals surface area contributed by atoms with E-state index < -0.39 is 9.84 Å². The van der Waals surface area contributed by atoms with Crippen LogP contribution in [0.1, 0.15) is 12.8 Å². The quantitative estimate of drug-likeness (QED) is 0.826. The largest absolute Gasteiger partial charge is 0.397 e. The zero-order valence-electron chi connectivity index (χ0n) is 9.32. The van der Waals surface area contributed by atoms with Crippen LogP contribution in [0.2, 0.25) is 5.02 Å². The van der Waals surface area contributed by atoms with Gasteiger partial charge < -0.3 is 11.1 Å². The Morgan fingerprint density at radius 2 is 2.24 bits per heavy atom.